The Balaban J connectivity index is 1.93. The van der Waals surface area contributed by atoms with Crippen LogP contribution in [0.1, 0.15) is 32.3 Å². The van der Waals surface area contributed by atoms with E-state index in [-0.39, 0.29) is 0 Å². The smallest absolute Gasteiger partial charge is 0.142 e. The van der Waals surface area contributed by atoms with Crippen LogP contribution in [0.4, 0.5) is 5.69 Å². The van der Waals surface area contributed by atoms with Crippen molar-refractivity contribution < 1.29 is 9.47 Å². The average Bonchev–Trinajstić information content (AvgIpc) is 2.29. The van der Waals surface area contributed by atoms with Crippen LogP contribution < -0.4 is 10.1 Å². The molecule has 1 aromatic rings. The Morgan fingerprint density at radius 3 is 2.67 bits per heavy atom. The summed E-state index contributed by atoms with van der Waals surface area (Å²) < 4.78 is 11.2. The van der Waals surface area contributed by atoms with Crippen LogP contribution in [0.5, 0.6) is 5.75 Å². The summed E-state index contributed by atoms with van der Waals surface area (Å²) in [6.07, 6.45) is 2.62. The second kappa shape index (κ2) is 6.10. The van der Waals surface area contributed by atoms with Gasteiger partial charge in [0.25, 0.3) is 0 Å². The third-order valence-corrected chi connectivity index (χ3v) is 3.29. The van der Waals surface area contributed by atoms with Crippen molar-refractivity contribution in [3.05, 3.63) is 23.8 Å². The van der Waals surface area contributed by atoms with E-state index in [9.17, 15) is 0 Å². The van der Waals surface area contributed by atoms with Crippen molar-refractivity contribution in [2.24, 2.45) is 0 Å². The fraction of sp³-hybridized carbons (Fsp3) is 0.600. The molecule has 1 fully saturated rings. The molecule has 0 aromatic heterocycles. The van der Waals surface area contributed by atoms with Gasteiger partial charge in [0.2, 0.25) is 0 Å². The molecule has 3 heteroatoms. The van der Waals surface area contributed by atoms with E-state index >= 15 is 0 Å². The number of aryl methyl sites for hydroxylation is 1. The molecule has 1 N–H and O–H groups in total. The zero-order valence-corrected chi connectivity index (χ0v) is 11.5. The van der Waals surface area contributed by atoms with Crippen LogP contribution >= 0.6 is 0 Å². The summed E-state index contributed by atoms with van der Waals surface area (Å²) >= 11 is 0. The molecule has 3 nitrogen and oxygen atoms in total. The van der Waals surface area contributed by atoms with E-state index in [4.69, 9.17) is 9.47 Å². The van der Waals surface area contributed by atoms with Crippen LogP contribution in [0.25, 0.3) is 0 Å². The van der Waals surface area contributed by atoms with Gasteiger partial charge in [-0.3, -0.25) is 0 Å². The highest BCUT2D eigenvalue weighted by molar-refractivity contribution is 5.58. The lowest BCUT2D eigenvalue weighted by atomic mass is 9.89. The zero-order valence-electron chi connectivity index (χ0n) is 11.5. The maximum absolute atomic E-state index is 5.67. The molecule has 0 amide bonds. The average molecular weight is 249 g/mol. The van der Waals surface area contributed by atoms with Gasteiger partial charge in [-0.1, -0.05) is 6.07 Å². The molecule has 0 spiro atoms. The van der Waals surface area contributed by atoms with Crippen molar-refractivity contribution in [1.29, 1.82) is 0 Å². The van der Waals surface area contributed by atoms with Gasteiger partial charge >= 0.3 is 0 Å². The Hall–Kier alpha value is -1.22. The first-order valence-electron chi connectivity index (χ1n) is 6.84. The number of nitrogens with one attached hydrogen (secondary N) is 1. The van der Waals surface area contributed by atoms with Gasteiger partial charge < -0.3 is 14.8 Å². The number of hydrogen-bond acceptors (Lipinski definition) is 3. The fourth-order valence-electron chi connectivity index (χ4n) is 2.30. The minimum atomic E-state index is 0.438. The van der Waals surface area contributed by atoms with Crippen molar-refractivity contribution in [3.63, 3.8) is 0 Å². The van der Waals surface area contributed by atoms with Crippen molar-refractivity contribution in [3.8, 4) is 5.75 Å². The second-order valence-corrected chi connectivity index (χ2v) is 4.82. The summed E-state index contributed by atoms with van der Waals surface area (Å²) in [7, 11) is 0. The highest BCUT2D eigenvalue weighted by Gasteiger charge is 2.29. The number of ether oxygens (including phenoxy) is 2. The van der Waals surface area contributed by atoms with Gasteiger partial charge in [-0.25, -0.2) is 0 Å². The first-order chi connectivity index (χ1) is 8.72. The minimum Gasteiger partial charge on any atom is -0.492 e. The number of hydrogen-bond donors (Lipinski definition) is 1. The summed E-state index contributed by atoms with van der Waals surface area (Å²) in [5.74, 6) is 0.956. The third kappa shape index (κ3) is 3.16. The van der Waals surface area contributed by atoms with Crippen LogP contribution in [0.3, 0.4) is 0 Å². The van der Waals surface area contributed by atoms with E-state index in [0.29, 0.717) is 18.8 Å². The summed E-state index contributed by atoms with van der Waals surface area (Å²) in [4.78, 5) is 0. The molecule has 0 saturated heterocycles. The number of anilines is 1. The first kappa shape index (κ1) is 13.2. The van der Waals surface area contributed by atoms with E-state index in [1.165, 1.54) is 5.56 Å². The second-order valence-electron chi connectivity index (χ2n) is 4.82. The highest BCUT2D eigenvalue weighted by atomic mass is 16.5. The minimum absolute atomic E-state index is 0.438. The first-order valence-corrected chi connectivity index (χ1v) is 6.84. The number of rotatable bonds is 6. The monoisotopic (exact) mass is 249 g/mol. The lowest BCUT2D eigenvalue weighted by Crippen LogP contribution is -2.40. The van der Waals surface area contributed by atoms with E-state index < -0.39 is 0 Å². The van der Waals surface area contributed by atoms with Crippen molar-refractivity contribution >= 4 is 5.69 Å². The van der Waals surface area contributed by atoms with E-state index in [1.807, 2.05) is 13.8 Å². The molecule has 0 unspecified atom stereocenters. The quantitative estimate of drug-likeness (QED) is 0.838. The maximum Gasteiger partial charge on any atom is 0.142 e. The van der Waals surface area contributed by atoms with Crippen LogP contribution in [0.15, 0.2) is 18.2 Å². The number of benzene rings is 1. The Labute approximate surface area is 109 Å². The van der Waals surface area contributed by atoms with Gasteiger partial charge in [0.05, 0.1) is 18.4 Å². The Kier molecular flexibility index (Phi) is 4.48. The zero-order chi connectivity index (χ0) is 13.0. The van der Waals surface area contributed by atoms with Crippen LogP contribution in [-0.2, 0) is 4.74 Å². The Morgan fingerprint density at radius 1 is 1.22 bits per heavy atom. The Bertz CT molecular complexity index is 386. The molecule has 0 atom stereocenters. The molecule has 1 saturated carbocycles. The van der Waals surface area contributed by atoms with Gasteiger partial charge in [-0.15, -0.1) is 0 Å². The van der Waals surface area contributed by atoms with E-state index in [1.54, 1.807) is 0 Å². The van der Waals surface area contributed by atoms with Crippen molar-refractivity contribution in [2.75, 3.05) is 18.5 Å². The fourth-order valence-corrected chi connectivity index (χ4v) is 2.30. The lowest BCUT2D eigenvalue weighted by molar-refractivity contribution is 0.00294. The molecule has 1 aromatic carbocycles. The van der Waals surface area contributed by atoms with Crippen molar-refractivity contribution in [1.82, 2.24) is 0 Å². The molecular formula is C15H23NO2. The maximum atomic E-state index is 5.67. The molecule has 0 heterocycles. The summed E-state index contributed by atoms with van der Waals surface area (Å²) in [5, 5.41) is 3.54. The van der Waals surface area contributed by atoms with Crippen LogP contribution in [0, 0.1) is 6.92 Å². The SMILES string of the molecule is CCOc1cc(C)ccc1NC1CC(OCC)C1. The predicted octanol–water partition coefficient (Wildman–Crippen LogP) is 3.37. The standard InChI is InChI=1S/C15H23NO2/c1-4-17-13-9-12(10-13)16-14-7-6-11(3)8-15(14)18-5-2/h6-8,12-13,16H,4-5,9-10H2,1-3H3. The molecule has 0 bridgehead atoms. The summed E-state index contributed by atoms with van der Waals surface area (Å²) in [6.45, 7) is 7.66. The van der Waals surface area contributed by atoms with Crippen LogP contribution in [0.2, 0.25) is 0 Å². The lowest BCUT2D eigenvalue weighted by Gasteiger charge is -2.36. The molecule has 1 aliphatic carbocycles. The normalized spacial score (nSPS) is 22.4. The molecule has 0 aliphatic heterocycles. The van der Waals surface area contributed by atoms with Crippen LogP contribution in [-0.4, -0.2) is 25.4 Å². The van der Waals surface area contributed by atoms with Gasteiger partial charge in [0.15, 0.2) is 0 Å². The Morgan fingerprint density at radius 2 is 2.00 bits per heavy atom. The van der Waals surface area contributed by atoms with E-state index in [0.717, 1.165) is 30.9 Å². The molecule has 0 radical (unpaired) electrons. The molecule has 1 aliphatic rings. The molecule has 18 heavy (non-hydrogen) atoms. The van der Waals surface area contributed by atoms with Gasteiger partial charge in [0.1, 0.15) is 5.75 Å². The van der Waals surface area contributed by atoms with Crippen molar-refractivity contribution in [2.45, 2.75) is 45.8 Å². The third-order valence-electron chi connectivity index (χ3n) is 3.29. The van der Waals surface area contributed by atoms with Gasteiger partial charge in [0, 0.05) is 12.6 Å². The molecule has 2 rings (SSSR count). The molecule has 100 valence electrons. The summed E-state index contributed by atoms with van der Waals surface area (Å²) in [6, 6.07) is 6.83. The molecular weight excluding hydrogens is 226 g/mol. The summed E-state index contributed by atoms with van der Waals surface area (Å²) in [5.41, 5.74) is 2.33. The predicted molar refractivity (Wildman–Crippen MR) is 74.4 cm³/mol. The van der Waals surface area contributed by atoms with E-state index in [2.05, 4.69) is 30.4 Å². The van der Waals surface area contributed by atoms with Gasteiger partial charge in [-0.2, -0.15) is 0 Å². The van der Waals surface area contributed by atoms with Gasteiger partial charge in [-0.05, 0) is 51.3 Å². The topological polar surface area (TPSA) is 30.5 Å². The highest BCUT2D eigenvalue weighted by Crippen LogP contribution is 2.32. The largest absolute Gasteiger partial charge is 0.492 e.